The molecular formula is C13H17IN2O. The maximum atomic E-state index is 12.3. The van der Waals surface area contributed by atoms with Gasteiger partial charge >= 0.3 is 0 Å². The minimum Gasteiger partial charge on any atom is -0.337 e. The minimum atomic E-state index is 0.156. The quantitative estimate of drug-likeness (QED) is 0.834. The molecule has 0 saturated carbocycles. The summed E-state index contributed by atoms with van der Waals surface area (Å²) in [6.45, 7) is 1.70. The number of hydrogen-bond acceptors (Lipinski definition) is 2. The maximum Gasteiger partial charge on any atom is 0.253 e. The molecule has 1 saturated heterocycles. The van der Waals surface area contributed by atoms with Crippen LogP contribution in [-0.2, 0) is 0 Å². The smallest absolute Gasteiger partial charge is 0.253 e. The van der Waals surface area contributed by atoms with E-state index in [1.54, 1.807) is 0 Å². The van der Waals surface area contributed by atoms with E-state index in [0.29, 0.717) is 6.04 Å². The molecule has 2 rings (SSSR count). The monoisotopic (exact) mass is 344 g/mol. The van der Waals surface area contributed by atoms with Crippen molar-refractivity contribution in [3.8, 4) is 0 Å². The average molecular weight is 344 g/mol. The molecule has 1 amide bonds. The van der Waals surface area contributed by atoms with Gasteiger partial charge in [0.15, 0.2) is 0 Å². The van der Waals surface area contributed by atoms with Crippen LogP contribution in [0.25, 0.3) is 0 Å². The second kappa shape index (κ2) is 5.82. The van der Waals surface area contributed by atoms with E-state index in [4.69, 9.17) is 0 Å². The third kappa shape index (κ3) is 3.19. The lowest BCUT2D eigenvalue weighted by Crippen LogP contribution is -2.46. The molecule has 0 bridgehead atoms. The molecule has 1 heterocycles. The van der Waals surface area contributed by atoms with Crippen molar-refractivity contribution in [2.24, 2.45) is 0 Å². The molecule has 0 aliphatic carbocycles. The Kier molecular flexibility index (Phi) is 4.39. The van der Waals surface area contributed by atoms with Gasteiger partial charge in [0.1, 0.15) is 0 Å². The van der Waals surface area contributed by atoms with Crippen molar-refractivity contribution in [3.63, 3.8) is 0 Å². The summed E-state index contributed by atoms with van der Waals surface area (Å²) in [5, 5.41) is 3.26. The highest BCUT2D eigenvalue weighted by molar-refractivity contribution is 14.1. The van der Waals surface area contributed by atoms with Crippen LogP contribution >= 0.6 is 22.6 Å². The SMILES string of the molecule is CNC1CCCN(C(=O)c2cccc(I)c2)C1. The van der Waals surface area contributed by atoms with Crippen molar-refractivity contribution >= 4 is 28.5 Å². The fourth-order valence-electron chi connectivity index (χ4n) is 2.20. The first-order valence-electron chi connectivity index (χ1n) is 5.93. The third-order valence-electron chi connectivity index (χ3n) is 3.19. The van der Waals surface area contributed by atoms with E-state index in [1.165, 1.54) is 0 Å². The first kappa shape index (κ1) is 12.8. The molecule has 1 aliphatic rings. The van der Waals surface area contributed by atoms with Crippen LogP contribution in [0.15, 0.2) is 24.3 Å². The van der Waals surface area contributed by atoms with Crippen molar-refractivity contribution < 1.29 is 4.79 Å². The van der Waals surface area contributed by atoms with Crippen LogP contribution in [0.3, 0.4) is 0 Å². The van der Waals surface area contributed by atoms with Crippen LogP contribution in [0.4, 0.5) is 0 Å². The van der Waals surface area contributed by atoms with Gasteiger partial charge < -0.3 is 10.2 Å². The fourth-order valence-corrected chi connectivity index (χ4v) is 2.74. The van der Waals surface area contributed by atoms with E-state index >= 15 is 0 Å². The normalized spacial score (nSPS) is 20.4. The van der Waals surface area contributed by atoms with Gasteiger partial charge in [0.05, 0.1) is 0 Å². The highest BCUT2D eigenvalue weighted by Gasteiger charge is 2.23. The second-order valence-corrected chi connectivity index (χ2v) is 5.63. The van der Waals surface area contributed by atoms with Crippen molar-refractivity contribution in [3.05, 3.63) is 33.4 Å². The summed E-state index contributed by atoms with van der Waals surface area (Å²) in [7, 11) is 1.96. The van der Waals surface area contributed by atoms with Gasteiger partial charge in [-0.1, -0.05) is 6.07 Å². The molecule has 1 fully saturated rings. The van der Waals surface area contributed by atoms with Gasteiger partial charge in [-0.05, 0) is 60.7 Å². The largest absolute Gasteiger partial charge is 0.337 e. The van der Waals surface area contributed by atoms with E-state index in [-0.39, 0.29) is 5.91 Å². The Bertz CT molecular complexity index is 408. The summed E-state index contributed by atoms with van der Waals surface area (Å²) in [5.74, 6) is 0.156. The number of rotatable bonds is 2. The van der Waals surface area contributed by atoms with Gasteiger partial charge in [-0.2, -0.15) is 0 Å². The number of nitrogens with zero attached hydrogens (tertiary/aromatic N) is 1. The van der Waals surface area contributed by atoms with Gasteiger partial charge in [-0.25, -0.2) is 0 Å². The fraction of sp³-hybridized carbons (Fsp3) is 0.462. The summed E-state index contributed by atoms with van der Waals surface area (Å²) in [6.07, 6.45) is 2.24. The minimum absolute atomic E-state index is 0.156. The van der Waals surface area contributed by atoms with E-state index < -0.39 is 0 Å². The number of piperidine rings is 1. The highest BCUT2D eigenvalue weighted by Crippen LogP contribution is 2.15. The summed E-state index contributed by atoms with van der Waals surface area (Å²) in [4.78, 5) is 14.3. The first-order chi connectivity index (χ1) is 8.20. The Labute approximate surface area is 116 Å². The first-order valence-corrected chi connectivity index (χ1v) is 7.00. The highest BCUT2D eigenvalue weighted by atomic mass is 127. The van der Waals surface area contributed by atoms with Crippen LogP contribution in [0.1, 0.15) is 23.2 Å². The maximum absolute atomic E-state index is 12.3. The van der Waals surface area contributed by atoms with Gasteiger partial charge in [0.25, 0.3) is 5.91 Å². The number of halogens is 1. The number of nitrogens with one attached hydrogen (secondary N) is 1. The molecule has 17 heavy (non-hydrogen) atoms. The zero-order valence-corrected chi connectivity index (χ0v) is 12.1. The second-order valence-electron chi connectivity index (χ2n) is 4.39. The van der Waals surface area contributed by atoms with Crippen LogP contribution < -0.4 is 5.32 Å². The van der Waals surface area contributed by atoms with Gasteiger partial charge in [0, 0.05) is 28.3 Å². The zero-order valence-electron chi connectivity index (χ0n) is 9.95. The van der Waals surface area contributed by atoms with Crippen LogP contribution in [0.2, 0.25) is 0 Å². The van der Waals surface area contributed by atoms with Gasteiger partial charge in [-0.15, -0.1) is 0 Å². The molecule has 1 aliphatic heterocycles. The molecule has 92 valence electrons. The molecule has 1 atom stereocenters. The molecule has 1 aromatic carbocycles. The van der Waals surface area contributed by atoms with Crippen molar-refractivity contribution in [2.45, 2.75) is 18.9 Å². The van der Waals surface area contributed by atoms with Crippen LogP contribution in [0.5, 0.6) is 0 Å². The number of benzene rings is 1. The zero-order chi connectivity index (χ0) is 12.3. The number of likely N-dealkylation sites (N-methyl/N-ethyl adjacent to an activating group) is 1. The van der Waals surface area contributed by atoms with Crippen LogP contribution in [-0.4, -0.2) is 37.0 Å². The van der Waals surface area contributed by atoms with Crippen molar-refractivity contribution in [2.75, 3.05) is 20.1 Å². The molecule has 1 aromatic rings. The van der Waals surface area contributed by atoms with E-state index in [1.807, 2.05) is 36.2 Å². The molecule has 0 spiro atoms. The molecule has 4 heteroatoms. The average Bonchev–Trinajstić information content (AvgIpc) is 2.38. The van der Waals surface area contributed by atoms with Crippen LogP contribution in [0, 0.1) is 3.57 Å². The molecule has 1 N–H and O–H groups in total. The van der Waals surface area contributed by atoms with Crippen molar-refractivity contribution in [1.82, 2.24) is 10.2 Å². The summed E-state index contributed by atoms with van der Waals surface area (Å²) < 4.78 is 1.11. The van der Waals surface area contributed by atoms with Gasteiger partial charge in [-0.3, -0.25) is 4.79 Å². The Hall–Kier alpha value is -0.620. The summed E-state index contributed by atoms with van der Waals surface area (Å²) >= 11 is 2.24. The van der Waals surface area contributed by atoms with Gasteiger partial charge in [0.2, 0.25) is 0 Å². The Morgan fingerprint density at radius 3 is 3.06 bits per heavy atom. The summed E-state index contributed by atoms with van der Waals surface area (Å²) in [5.41, 5.74) is 0.800. The van der Waals surface area contributed by atoms with E-state index in [0.717, 1.165) is 35.1 Å². The topological polar surface area (TPSA) is 32.3 Å². The molecule has 3 nitrogen and oxygen atoms in total. The lowest BCUT2D eigenvalue weighted by atomic mass is 10.0. The Morgan fingerprint density at radius 1 is 1.53 bits per heavy atom. The lowest BCUT2D eigenvalue weighted by molar-refractivity contribution is 0.0698. The van der Waals surface area contributed by atoms with E-state index in [2.05, 4.69) is 27.9 Å². The molecule has 0 radical (unpaired) electrons. The van der Waals surface area contributed by atoms with Crippen molar-refractivity contribution in [1.29, 1.82) is 0 Å². The van der Waals surface area contributed by atoms with E-state index in [9.17, 15) is 4.79 Å². The molecule has 0 aromatic heterocycles. The Balaban J connectivity index is 2.09. The molecular weight excluding hydrogens is 327 g/mol. The predicted molar refractivity (Wildman–Crippen MR) is 77.1 cm³/mol. The number of likely N-dealkylation sites (tertiary alicyclic amines) is 1. The number of amides is 1. The number of hydrogen-bond donors (Lipinski definition) is 1. The predicted octanol–water partition coefficient (Wildman–Crippen LogP) is 2.12. The third-order valence-corrected chi connectivity index (χ3v) is 3.86. The number of carbonyl (C=O) groups is 1. The number of carbonyl (C=O) groups excluding carboxylic acids is 1. The Morgan fingerprint density at radius 2 is 2.35 bits per heavy atom. The summed E-state index contributed by atoms with van der Waals surface area (Å²) in [6, 6.07) is 8.23. The molecule has 1 unspecified atom stereocenters. The standard InChI is InChI=1S/C13H17IN2O/c1-15-12-6-3-7-16(9-12)13(17)10-4-2-5-11(14)8-10/h2,4-5,8,12,15H,3,6-7,9H2,1H3. The lowest BCUT2D eigenvalue weighted by Gasteiger charge is -2.32.